The van der Waals surface area contributed by atoms with Gasteiger partial charge in [0.1, 0.15) is 17.3 Å². The molecular formula is C30H33BrN4O4. The van der Waals surface area contributed by atoms with E-state index in [0.717, 1.165) is 10.9 Å². The second-order valence-electron chi connectivity index (χ2n) is 9.65. The molecule has 2 amide bonds. The van der Waals surface area contributed by atoms with Crippen molar-refractivity contribution in [3.8, 4) is 17.2 Å². The van der Waals surface area contributed by atoms with E-state index in [2.05, 4.69) is 35.1 Å². The molecule has 0 aliphatic carbocycles. The predicted octanol–water partition coefficient (Wildman–Crippen LogP) is 6.81. The molecule has 0 fully saturated rings. The molecule has 9 heteroatoms. The van der Waals surface area contributed by atoms with E-state index in [1.165, 1.54) is 0 Å². The average Bonchev–Trinajstić information content (AvgIpc) is 2.93. The molecule has 0 aliphatic heterocycles. The number of aromatic nitrogens is 2. The summed E-state index contributed by atoms with van der Waals surface area (Å²) in [5, 5.41) is 3.50. The Hall–Kier alpha value is -3.85. The average molecular weight is 594 g/mol. The highest BCUT2D eigenvalue weighted by molar-refractivity contribution is 9.10. The van der Waals surface area contributed by atoms with Gasteiger partial charge in [-0.05, 0) is 67.8 Å². The van der Waals surface area contributed by atoms with Gasteiger partial charge in [0.05, 0.1) is 42.5 Å². The molecule has 1 N–H and O–H groups in total. The van der Waals surface area contributed by atoms with Gasteiger partial charge in [0, 0.05) is 17.1 Å². The number of nitrogens with zero attached hydrogens (tertiary/aromatic N) is 3. The summed E-state index contributed by atoms with van der Waals surface area (Å²) in [6.07, 6.45) is 0.771. The first-order chi connectivity index (χ1) is 18.7. The molecule has 3 aromatic carbocycles. The summed E-state index contributed by atoms with van der Waals surface area (Å²) in [6, 6.07) is 19.1. The standard InChI is InChI=1S/C30H33BrN4O4/c1-19(2)16-17-34(30(37)33-26-15-14-23(38-4)18-27(26)39-5)20(3)28-32-25-9-7-6-8-24(25)29(36)35(28)22-12-10-21(31)11-13-22/h6-15,18-20H,16-17H2,1-5H3,(H,33,37). The summed E-state index contributed by atoms with van der Waals surface area (Å²) in [6.45, 7) is 6.59. The Morgan fingerprint density at radius 1 is 1.03 bits per heavy atom. The lowest BCUT2D eigenvalue weighted by atomic mass is 10.1. The van der Waals surface area contributed by atoms with Crippen LogP contribution in [0.25, 0.3) is 16.6 Å². The first kappa shape index (κ1) is 28.2. The Kier molecular flexibility index (Phi) is 8.91. The number of ether oxygens (including phenoxy) is 2. The van der Waals surface area contributed by atoms with Crippen LogP contribution >= 0.6 is 15.9 Å². The van der Waals surface area contributed by atoms with Gasteiger partial charge in [-0.15, -0.1) is 0 Å². The van der Waals surface area contributed by atoms with Crippen LogP contribution in [-0.4, -0.2) is 41.2 Å². The molecule has 0 saturated heterocycles. The Labute approximate surface area is 236 Å². The second kappa shape index (κ2) is 12.3. The van der Waals surface area contributed by atoms with E-state index in [-0.39, 0.29) is 11.6 Å². The largest absolute Gasteiger partial charge is 0.497 e. The predicted molar refractivity (Wildman–Crippen MR) is 158 cm³/mol. The zero-order valence-electron chi connectivity index (χ0n) is 22.8. The number of hydrogen-bond acceptors (Lipinski definition) is 5. The molecule has 0 radical (unpaired) electrons. The smallest absolute Gasteiger partial charge is 0.322 e. The van der Waals surface area contributed by atoms with Crippen molar-refractivity contribution in [1.29, 1.82) is 0 Å². The molecule has 4 rings (SSSR count). The molecule has 0 aliphatic rings. The van der Waals surface area contributed by atoms with E-state index < -0.39 is 6.04 Å². The molecule has 39 heavy (non-hydrogen) atoms. The summed E-state index contributed by atoms with van der Waals surface area (Å²) >= 11 is 3.47. The summed E-state index contributed by atoms with van der Waals surface area (Å²) in [7, 11) is 3.11. The molecule has 1 heterocycles. The van der Waals surface area contributed by atoms with E-state index in [1.807, 2.05) is 49.4 Å². The molecular weight excluding hydrogens is 560 g/mol. The molecule has 4 aromatic rings. The zero-order valence-corrected chi connectivity index (χ0v) is 24.4. The minimum Gasteiger partial charge on any atom is -0.497 e. The number of benzene rings is 3. The maximum absolute atomic E-state index is 13.8. The van der Waals surface area contributed by atoms with Gasteiger partial charge in [0.15, 0.2) is 0 Å². The molecule has 0 spiro atoms. The molecule has 1 aromatic heterocycles. The first-order valence-electron chi connectivity index (χ1n) is 12.8. The van der Waals surface area contributed by atoms with Crippen molar-refractivity contribution in [3.05, 3.63) is 87.4 Å². The highest BCUT2D eigenvalue weighted by Gasteiger charge is 2.28. The molecule has 0 bridgehead atoms. The van der Waals surface area contributed by atoms with E-state index in [0.29, 0.717) is 52.1 Å². The summed E-state index contributed by atoms with van der Waals surface area (Å²) in [4.78, 5) is 34.2. The number of amides is 2. The number of hydrogen-bond donors (Lipinski definition) is 1. The number of halogens is 1. The van der Waals surface area contributed by atoms with Crippen molar-refractivity contribution in [2.45, 2.75) is 33.2 Å². The van der Waals surface area contributed by atoms with Crippen LogP contribution in [0.2, 0.25) is 0 Å². The van der Waals surface area contributed by atoms with Gasteiger partial charge in [-0.1, -0.05) is 41.9 Å². The van der Waals surface area contributed by atoms with Gasteiger partial charge >= 0.3 is 6.03 Å². The third kappa shape index (κ3) is 6.25. The van der Waals surface area contributed by atoms with Gasteiger partial charge in [-0.2, -0.15) is 0 Å². The number of nitrogens with one attached hydrogen (secondary N) is 1. The minimum atomic E-state index is -0.533. The highest BCUT2D eigenvalue weighted by Crippen LogP contribution is 2.31. The van der Waals surface area contributed by atoms with Crippen LogP contribution in [0.5, 0.6) is 11.5 Å². The van der Waals surface area contributed by atoms with Crippen LogP contribution in [0.15, 0.2) is 76.0 Å². The number of carbonyl (C=O) groups is 1. The normalized spacial score (nSPS) is 11.9. The van der Waals surface area contributed by atoms with Crippen molar-refractivity contribution in [2.75, 3.05) is 26.1 Å². The molecule has 8 nitrogen and oxygen atoms in total. The molecule has 1 atom stereocenters. The third-order valence-electron chi connectivity index (χ3n) is 6.59. The van der Waals surface area contributed by atoms with Crippen LogP contribution < -0.4 is 20.3 Å². The van der Waals surface area contributed by atoms with Crippen molar-refractivity contribution in [2.24, 2.45) is 5.92 Å². The monoisotopic (exact) mass is 592 g/mol. The van der Waals surface area contributed by atoms with Gasteiger partial charge in [0.25, 0.3) is 5.56 Å². The Morgan fingerprint density at radius 2 is 1.74 bits per heavy atom. The van der Waals surface area contributed by atoms with E-state index >= 15 is 0 Å². The van der Waals surface area contributed by atoms with E-state index in [9.17, 15) is 9.59 Å². The number of fused-ring (bicyclic) bond motifs is 1. The summed E-state index contributed by atoms with van der Waals surface area (Å²) in [5.41, 5.74) is 1.58. The maximum Gasteiger partial charge on any atom is 0.322 e. The Bertz CT molecular complexity index is 1520. The minimum absolute atomic E-state index is 0.189. The topological polar surface area (TPSA) is 85.7 Å². The summed E-state index contributed by atoms with van der Waals surface area (Å²) < 4.78 is 13.3. The Balaban J connectivity index is 1.81. The van der Waals surface area contributed by atoms with Crippen molar-refractivity contribution < 1.29 is 14.3 Å². The number of anilines is 1. The lowest BCUT2D eigenvalue weighted by Gasteiger charge is -2.31. The molecule has 0 saturated carbocycles. The second-order valence-corrected chi connectivity index (χ2v) is 10.6. The molecule has 204 valence electrons. The van der Waals surface area contributed by atoms with Crippen LogP contribution in [0.1, 0.15) is 39.1 Å². The fraction of sp³-hybridized carbons (Fsp3) is 0.300. The Morgan fingerprint density at radius 3 is 2.41 bits per heavy atom. The van der Waals surface area contributed by atoms with Crippen molar-refractivity contribution >= 4 is 38.6 Å². The highest BCUT2D eigenvalue weighted by atomic mass is 79.9. The van der Waals surface area contributed by atoms with Crippen LogP contribution in [0, 0.1) is 5.92 Å². The van der Waals surface area contributed by atoms with Crippen molar-refractivity contribution in [3.63, 3.8) is 0 Å². The molecule has 1 unspecified atom stereocenters. The van der Waals surface area contributed by atoms with E-state index in [1.54, 1.807) is 48.0 Å². The number of rotatable bonds is 9. The van der Waals surface area contributed by atoms with Crippen LogP contribution in [0.3, 0.4) is 0 Å². The number of para-hydroxylation sites is 1. The first-order valence-corrected chi connectivity index (χ1v) is 13.6. The third-order valence-corrected chi connectivity index (χ3v) is 7.11. The summed E-state index contributed by atoms with van der Waals surface area (Å²) in [5.74, 6) is 1.94. The van der Waals surface area contributed by atoms with Crippen LogP contribution in [-0.2, 0) is 0 Å². The number of carbonyl (C=O) groups excluding carboxylic acids is 1. The lowest BCUT2D eigenvalue weighted by molar-refractivity contribution is 0.185. The fourth-order valence-corrected chi connectivity index (χ4v) is 4.63. The quantitative estimate of drug-likeness (QED) is 0.231. The lowest BCUT2D eigenvalue weighted by Crippen LogP contribution is -2.40. The van der Waals surface area contributed by atoms with Crippen molar-refractivity contribution in [1.82, 2.24) is 14.5 Å². The maximum atomic E-state index is 13.8. The number of methoxy groups -OCH3 is 2. The van der Waals surface area contributed by atoms with Gasteiger partial charge < -0.3 is 19.7 Å². The van der Waals surface area contributed by atoms with Gasteiger partial charge in [0.2, 0.25) is 0 Å². The SMILES string of the molecule is COc1ccc(NC(=O)N(CCC(C)C)C(C)c2nc3ccccc3c(=O)n2-c2ccc(Br)cc2)c(OC)c1. The van der Waals surface area contributed by atoms with Crippen LogP contribution in [0.4, 0.5) is 10.5 Å². The van der Waals surface area contributed by atoms with E-state index in [4.69, 9.17) is 14.5 Å². The fourth-order valence-electron chi connectivity index (χ4n) is 4.37. The zero-order chi connectivity index (χ0) is 28.1. The number of urea groups is 1. The van der Waals surface area contributed by atoms with Gasteiger partial charge in [-0.3, -0.25) is 9.36 Å². The van der Waals surface area contributed by atoms with Gasteiger partial charge in [-0.25, -0.2) is 9.78 Å².